The van der Waals surface area contributed by atoms with Gasteiger partial charge in [-0.15, -0.1) is 5.10 Å². The molecule has 0 saturated heterocycles. The second-order valence-corrected chi connectivity index (χ2v) is 4.99. The van der Waals surface area contributed by atoms with Crippen LogP contribution in [0.3, 0.4) is 0 Å². The molecule has 1 aromatic heterocycles. The number of carbonyl (C=O) groups excluding carboxylic acids is 1. The fourth-order valence-electron chi connectivity index (χ4n) is 1.21. The molecule has 8 heteroatoms. The number of amides is 1. The topological polar surface area (TPSA) is 66.9 Å². The molecule has 1 amide bonds. The van der Waals surface area contributed by atoms with Crippen molar-refractivity contribution in [2.75, 3.05) is 5.43 Å². The number of anilines is 1. The summed E-state index contributed by atoms with van der Waals surface area (Å²) in [6.45, 7) is 1.71. The summed E-state index contributed by atoms with van der Waals surface area (Å²) >= 11 is 12.8. The van der Waals surface area contributed by atoms with E-state index in [2.05, 4.69) is 20.4 Å². The number of aryl methyl sites for hydroxylation is 1. The van der Waals surface area contributed by atoms with Crippen LogP contribution in [-0.4, -0.2) is 15.5 Å². The average molecular weight is 303 g/mol. The van der Waals surface area contributed by atoms with E-state index in [1.54, 1.807) is 25.1 Å². The Morgan fingerprint density at radius 2 is 2.17 bits per heavy atom. The molecule has 5 nitrogen and oxygen atoms in total. The van der Waals surface area contributed by atoms with Gasteiger partial charge in [-0.1, -0.05) is 27.7 Å². The van der Waals surface area contributed by atoms with Crippen molar-refractivity contribution < 1.29 is 4.79 Å². The smallest absolute Gasteiger partial charge is 0.283 e. The number of hydrogen-bond donors (Lipinski definition) is 2. The first kappa shape index (κ1) is 13.1. The van der Waals surface area contributed by atoms with Crippen molar-refractivity contribution in [1.82, 2.24) is 15.0 Å². The predicted molar refractivity (Wildman–Crippen MR) is 72.2 cm³/mol. The van der Waals surface area contributed by atoms with Crippen LogP contribution in [0.5, 0.6) is 0 Å². The molecule has 0 unspecified atom stereocenters. The fraction of sp³-hybridized carbons (Fsp3) is 0.100. The number of nitrogens with zero attached hydrogens (tertiary/aromatic N) is 2. The third kappa shape index (κ3) is 2.90. The Kier molecular flexibility index (Phi) is 4.00. The third-order valence-electron chi connectivity index (χ3n) is 2.10. The summed E-state index contributed by atoms with van der Waals surface area (Å²) in [5, 5.41) is 4.73. The zero-order valence-electron chi connectivity index (χ0n) is 9.20. The molecule has 0 aliphatic rings. The van der Waals surface area contributed by atoms with Crippen molar-refractivity contribution >= 4 is 46.3 Å². The second kappa shape index (κ2) is 5.51. The number of benzene rings is 1. The summed E-state index contributed by atoms with van der Waals surface area (Å²) in [5.74, 6) is -0.321. The van der Waals surface area contributed by atoms with E-state index in [-0.39, 0.29) is 5.91 Å². The number of nitrogens with one attached hydrogen (secondary N) is 2. The van der Waals surface area contributed by atoms with Crippen LogP contribution in [0.2, 0.25) is 10.0 Å². The predicted octanol–water partition coefficient (Wildman–Crippen LogP) is 2.91. The largest absolute Gasteiger partial charge is 0.297 e. The minimum atomic E-state index is -0.321. The Morgan fingerprint density at radius 1 is 1.39 bits per heavy atom. The van der Waals surface area contributed by atoms with Crippen molar-refractivity contribution in [2.45, 2.75) is 6.92 Å². The van der Waals surface area contributed by atoms with Crippen LogP contribution < -0.4 is 10.9 Å². The van der Waals surface area contributed by atoms with E-state index in [9.17, 15) is 4.79 Å². The quantitative estimate of drug-likeness (QED) is 0.856. The Balaban J connectivity index is 2.06. The molecule has 0 spiro atoms. The monoisotopic (exact) mass is 302 g/mol. The van der Waals surface area contributed by atoms with Crippen LogP contribution in [0, 0.1) is 6.92 Å². The molecular weight excluding hydrogens is 295 g/mol. The Labute approximate surface area is 117 Å². The van der Waals surface area contributed by atoms with Crippen LogP contribution in [-0.2, 0) is 0 Å². The van der Waals surface area contributed by atoms with Crippen LogP contribution in [0.1, 0.15) is 15.4 Å². The Bertz CT molecular complexity index is 587. The van der Waals surface area contributed by atoms with E-state index in [1.807, 2.05) is 0 Å². The SMILES string of the molecule is Cc1nnsc1C(=O)NNc1cc(Cl)ccc1Cl. The summed E-state index contributed by atoms with van der Waals surface area (Å²) in [7, 11) is 0. The van der Waals surface area contributed by atoms with Crippen molar-refractivity contribution in [1.29, 1.82) is 0 Å². The first-order valence-electron chi connectivity index (χ1n) is 4.88. The zero-order valence-corrected chi connectivity index (χ0v) is 11.5. The second-order valence-electron chi connectivity index (χ2n) is 3.39. The lowest BCUT2D eigenvalue weighted by Crippen LogP contribution is -2.29. The van der Waals surface area contributed by atoms with Gasteiger partial charge in [0.15, 0.2) is 0 Å². The molecule has 18 heavy (non-hydrogen) atoms. The molecule has 0 radical (unpaired) electrons. The normalized spacial score (nSPS) is 10.2. The van der Waals surface area contributed by atoms with Gasteiger partial charge in [-0.3, -0.25) is 15.6 Å². The van der Waals surface area contributed by atoms with E-state index < -0.39 is 0 Å². The van der Waals surface area contributed by atoms with Gasteiger partial charge in [0, 0.05) is 5.02 Å². The highest BCUT2D eigenvalue weighted by atomic mass is 35.5. The molecule has 1 aromatic carbocycles. The summed E-state index contributed by atoms with van der Waals surface area (Å²) in [4.78, 5) is 12.2. The minimum absolute atomic E-state index is 0.321. The molecule has 0 fully saturated rings. The lowest BCUT2D eigenvalue weighted by molar-refractivity contribution is 0.0966. The zero-order chi connectivity index (χ0) is 13.1. The number of aromatic nitrogens is 2. The van der Waals surface area contributed by atoms with Gasteiger partial charge in [0.25, 0.3) is 5.91 Å². The number of hydrazine groups is 1. The molecule has 0 aliphatic heterocycles. The van der Waals surface area contributed by atoms with Gasteiger partial charge in [-0.05, 0) is 36.7 Å². The van der Waals surface area contributed by atoms with Crippen LogP contribution in [0.25, 0.3) is 0 Å². The maximum Gasteiger partial charge on any atom is 0.283 e. The number of rotatable bonds is 3. The maximum atomic E-state index is 11.8. The minimum Gasteiger partial charge on any atom is -0.297 e. The van der Waals surface area contributed by atoms with Crippen molar-refractivity contribution in [3.63, 3.8) is 0 Å². The summed E-state index contributed by atoms with van der Waals surface area (Å²) in [5.41, 5.74) is 6.31. The van der Waals surface area contributed by atoms with Crippen LogP contribution in [0.4, 0.5) is 5.69 Å². The number of halogens is 2. The lowest BCUT2D eigenvalue weighted by atomic mass is 10.3. The molecule has 0 saturated carbocycles. The van der Waals surface area contributed by atoms with Gasteiger partial charge in [0.05, 0.1) is 16.4 Å². The van der Waals surface area contributed by atoms with E-state index in [1.165, 1.54) is 0 Å². The number of hydrogen-bond acceptors (Lipinski definition) is 5. The summed E-state index contributed by atoms with van der Waals surface area (Å²) in [6.07, 6.45) is 0. The molecule has 2 aromatic rings. The molecule has 0 bridgehead atoms. The summed E-state index contributed by atoms with van der Waals surface area (Å²) < 4.78 is 3.69. The van der Waals surface area contributed by atoms with Crippen molar-refractivity contribution in [3.8, 4) is 0 Å². The average Bonchev–Trinajstić information content (AvgIpc) is 2.76. The third-order valence-corrected chi connectivity index (χ3v) is 3.49. The maximum absolute atomic E-state index is 11.8. The fourth-order valence-corrected chi connectivity index (χ4v) is 2.10. The van der Waals surface area contributed by atoms with E-state index >= 15 is 0 Å². The highest BCUT2D eigenvalue weighted by molar-refractivity contribution is 7.08. The van der Waals surface area contributed by atoms with Gasteiger partial charge >= 0.3 is 0 Å². The highest BCUT2D eigenvalue weighted by Crippen LogP contribution is 2.24. The van der Waals surface area contributed by atoms with Crippen molar-refractivity contribution in [2.24, 2.45) is 0 Å². The summed E-state index contributed by atoms with van der Waals surface area (Å²) in [6, 6.07) is 4.91. The highest BCUT2D eigenvalue weighted by Gasteiger charge is 2.13. The first-order chi connectivity index (χ1) is 8.58. The standard InChI is InChI=1S/C10H8Cl2N4OS/c1-5-9(18-16-13-5)10(17)15-14-8-4-6(11)2-3-7(8)12/h2-4,14H,1H3,(H,15,17). The molecule has 0 atom stereocenters. The van der Waals surface area contributed by atoms with Gasteiger partial charge in [-0.25, -0.2) is 0 Å². The Hall–Kier alpha value is -1.37. The van der Waals surface area contributed by atoms with E-state index in [4.69, 9.17) is 23.2 Å². The van der Waals surface area contributed by atoms with Crippen LogP contribution in [0.15, 0.2) is 18.2 Å². The van der Waals surface area contributed by atoms with Crippen LogP contribution >= 0.6 is 34.7 Å². The molecule has 94 valence electrons. The van der Waals surface area contributed by atoms with Gasteiger partial charge in [0.2, 0.25) is 0 Å². The molecular formula is C10H8Cl2N4OS. The first-order valence-corrected chi connectivity index (χ1v) is 6.41. The lowest BCUT2D eigenvalue weighted by Gasteiger charge is -2.09. The van der Waals surface area contributed by atoms with Gasteiger partial charge < -0.3 is 0 Å². The Morgan fingerprint density at radius 3 is 2.83 bits per heavy atom. The van der Waals surface area contributed by atoms with Gasteiger partial charge in [-0.2, -0.15) is 0 Å². The molecule has 1 heterocycles. The number of carbonyl (C=O) groups is 1. The van der Waals surface area contributed by atoms with E-state index in [0.29, 0.717) is 26.3 Å². The van der Waals surface area contributed by atoms with Gasteiger partial charge in [0.1, 0.15) is 4.88 Å². The molecule has 2 rings (SSSR count). The molecule has 0 aliphatic carbocycles. The van der Waals surface area contributed by atoms with E-state index in [0.717, 1.165) is 11.5 Å². The molecule has 2 N–H and O–H groups in total. The van der Waals surface area contributed by atoms with Crippen molar-refractivity contribution in [3.05, 3.63) is 38.8 Å².